The van der Waals surface area contributed by atoms with E-state index in [1.807, 2.05) is 24.3 Å². The third-order valence-corrected chi connectivity index (χ3v) is 4.17. The summed E-state index contributed by atoms with van der Waals surface area (Å²) >= 11 is 0. The average Bonchev–Trinajstić information content (AvgIpc) is 3.22. The second-order valence-electron chi connectivity index (χ2n) is 5.71. The number of ether oxygens (including phenoxy) is 4. The Morgan fingerprint density at radius 3 is 2.22 bits per heavy atom. The van der Waals surface area contributed by atoms with Crippen LogP contribution in [0.2, 0.25) is 0 Å². The van der Waals surface area contributed by atoms with Crippen LogP contribution < -0.4 is 24.7 Å². The molecule has 1 aromatic heterocycles. The van der Waals surface area contributed by atoms with Gasteiger partial charge in [0.15, 0.2) is 17.3 Å². The fourth-order valence-corrected chi connectivity index (χ4v) is 2.75. The number of nitrogens with one attached hydrogen (secondary N) is 1. The maximum atomic E-state index is 6.33. The summed E-state index contributed by atoms with van der Waals surface area (Å²) in [7, 11) is 6.28. The molecular weight excluding hydrogens is 348 g/mol. The Morgan fingerprint density at radius 2 is 1.63 bits per heavy atom. The van der Waals surface area contributed by atoms with E-state index in [1.165, 1.54) is 0 Å². The van der Waals surface area contributed by atoms with Crippen molar-refractivity contribution in [1.29, 1.82) is 0 Å². The van der Waals surface area contributed by atoms with Crippen LogP contribution in [0.25, 0.3) is 11.4 Å². The average molecular weight is 370 g/mol. The summed E-state index contributed by atoms with van der Waals surface area (Å²) in [4.78, 5) is 4.53. The van der Waals surface area contributed by atoms with Crippen molar-refractivity contribution >= 4 is 0 Å². The normalized spacial score (nSPS) is 11.7. The van der Waals surface area contributed by atoms with Crippen molar-refractivity contribution in [1.82, 2.24) is 15.2 Å². The van der Waals surface area contributed by atoms with Gasteiger partial charge < -0.3 is 24.7 Å². The van der Waals surface area contributed by atoms with Crippen molar-refractivity contribution in [2.45, 2.75) is 6.04 Å². The van der Waals surface area contributed by atoms with E-state index in [0.29, 0.717) is 34.5 Å². The van der Waals surface area contributed by atoms with Gasteiger partial charge in [0.05, 0.1) is 34.5 Å². The smallest absolute Gasteiger partial charge is 0.203 e. The van der Waals surface area contributed by atoms with Crippen LogP contribution in [0.3, 0.4) is 0 Å². The van der Waals surface area contributed by atoms with Gasteiger partial charge in [-0.05, 0) is 29.8 Å². The van der Waals surface area contributed by atoms with Crippen LogP contribution in [0.5, 0.6) is 23.0 Å². The Hall–Kier alpha value is -3.26. The molecule has 8 heteroatoms. The Morgan fingerprint density at radius 1 is 0.926 bits per heavy atom. The van der Waals surface area contributed by atoms with Gasteiger partial charge in [-0.1, -0.05) is 12.1 Å². The highest BCUT2D eigenvalue weighted by Crippen LogP contribution is 2.40. The first-order valence-corrected chi connectivity index (χ1v) is 8.23. The highest BCUT2D eigenvalue weighted by atomic mass is 16.5. The van der Waals surface area contributed by atoms with Crippen LogP contribution >= 0.6 is 0 Å². The molecule has 0 aliphatic heterocycles. The van der Waals surface area contributed by atoms with Crippen LogP contribution in [0.4, 0.5) is 0 Å². The molecule has 0 amide bonds. The maximum absolute atomic E-state index is 6.33. The Labute approximate surface area is 157 Å². The van der Waals surface area contributed by atoms with Crippen molar-refractivity contribution in [2.75, 3.05) is 28.4 Å². The van der Waals surface area contributed by atoms with Crippen molar-refractivity contribution in [3.05, 3.63) is 47.8 Å². The van der Waals surface area contributed by atoms with Gasteiger partial charge in [-0.15, -0.1) is 0 Å². The maximum Gasteiger partial charge on any atom is 0.203 e. The minimum Gasteiger partial charge on any atom is -0.497 e. The summed E-state index contributed by atoms with van der Waals surface area (Å²) in [5, 5.41) is 7.19. The zero-order chi connectivity index (χ0) is 19.4. The lowest BCUT2D eigenvalue weighted by Crippen LogP contribution is -2.13. The summed E-state index contributed by atoms with van der Waals surface area (Å²) in [6.07, 6.45) is 0. The molecule has 0 saturated carbocycles. The summed E-state index contributed by atoms with van der Waals surface area (Å²) in [6, 6.07) is 10.6. The van der Waals surface area contributed by atoms with Gasteiger partial charge >= 0.3 is 0 Å². The number of H-pyrrole nitrogens is 1. The molecule has 0 aliphatic carbocycles. The standard InChI is InChI=1S/C19H22N4O4/c1-24-13-7-5-6-11(8-13)16(20)19-21-18(22-23-19)12-9-14(25-2)17(27-4)15(10-12)26-3/h5-10,16H,20H2,1-4H3,(H,21,22,23)/t16-/m1/s1. The van der Waals surface area contributed by atoms with E-state index in [0.717, 1.165) is 11.3 Å². The molecule has 0 unspecified atom stereocenters. The van der Waals surface area contributed by atoms with Gasteiger partial charge in [0.1, 0.15) is 11.6 Å². The number of methoxy groups -OCH3 is 4. The molecule has 3 N–H and O–H groups in total. The van der Waals surface area contributed by atoms with Crippen molar-refractivity contribution in [3.8, 4) is 34.4 Å². The van der Waals surface area contributed by atoms with E-state index in [9.17, 15) is 0 Å². The number of aromatic nitrogens is 3. The van der Waals surface area contributed by atoms with Crippen molar-refractivity contribution < 1.29 is 18.9 Å². The fourth-order valence-electron chi connectivity index (χ4n) is 2.75. The first-order valence-electron chi connectivity index (χ1n) is 8.23. The van der Waals surface area contributed by atoms with E-state index < -0.39 is 6.04 Å². The van der Waals surface area contributed by atoms with Gasteiger partial charge in [-0.2, -0.15) is 5.10 Å². The molecule has 27 heavy (non-hydrogen) atoms. The first kappa shape index (κ1) is 18.5. The second-order valence-corrected chi connectivity index (χ2v) is 5.71. The molecule has 1 heterocycles. The van der Waals surface area contributed by atoms with E-state index in [4.69, 9.17) is 24.7 Å². The SMILES string of the molecule is COc1cccc([C@@H](N)c2nc(-c3cc(OC)c(OC)c(OC)c3)n[nH]2)c1. The van der Waals surface area contributed by atoms with Crippen LogP contribution in [-0.4, -0.2) is 43.6 Å². The van der Waals surface area contributed by atoms with Crippen LogP contribution in [0.1, 0.15) is 17.4 Å². The summed E-state index contributed by atoms with van der Waals surface area (Å²) < 4.78 is 21.3. The molecule has 3 rings (SSSR count). The summed E-state index contributed by atoms with van der Waals surface area (Å²) in [6.45, 7) is 0. The third kappa shape index (κ3) is 3.65. The van der Waals surface area contributed by atoms with Gasteiger partial charge in [0.25, 0.3) is 0 Å². The van der Waals surface area contributed by atoms with E-state index in [1.54, 1.807) is 40.6 Å². The molecule has 0 radical (unpaired) electrons. The molecule has 2 aromatic carbocycles. The Bertz CT molecular complexity index is 901. The minimum atomic E-state index is -0.469. The highest BCUT2D eigenvalue weighted by Gasteiger charge is 2.19. The van der Waals surface area contributed by atoms with Crippen LogP contribution in [0, 0.1) is 0 Å². The van der Waals surface area contributed by atoms with Gasteiger partial charge in [0.2, 0.25) is 5.75 Å². The molecule has 0 saturated heterocycles. The zero-order valence-electron chi connectivity index (χ0n) is 15.6. The molecule has 142 valence electrons. The number of nitrogens with zero attached hydrogens (tertiary/aromatic N) is 2. The Balaban J connectivity index is 1.95. The Kier molecular flexibility index (Phi) is 5.46. The topological polar surface area (TPSA) is 105 Å². The molecule has 0 spiro atoms. The molecule has 1 atom stereocenters. The quantitative estimate of drug-likeness (QED) is 0.658. The predicted octanol–water partition coefficient (Wildman–Crippen LogP) is 2.55. The summed E-state index contributed by atoms with van der Waals surface area (Å²) in [5.41, 5.74) is 7.91. The van der Waals surface area contributed by atoms with Gasteiger partial charge in [0, 0.05) is 5.56 Å². The number of benzene rings is 2. The van der Waals surface area contributed by atoms with E-state index in [2.05, 4.69) is 15.2 Å². The van der Waals surface area contributed by atoms with Gasteiger partial charge in [-0.25, -0.2) is 4.98 Å². The highest BCUT2D eigenvalue weighted by molar-refractivity contribution is 5.66. The lowest BCUT2D eigenvalue weighted by Gasteiger charge is -2.13. The fraction of sp³-hybridized carbons (Fsp3) is 0.263. The molecule has 0 aliphatic rings. The number of rotatable bonds is 7. The number of hydrogen-bond donors (Lipinski definition) is 2. The third-order valence-electron chi connectivity index (χ3n) is 4.17. The first-order chi connectivity index (χ1) is 13.1. The number of aromatic amines is 1. The molecule has 0 fully saturated rings. The van der Waals surface area contributed by atoms with Gasteiger partial charge in [-0.3, -0.25) is 5.10 Å². The molecule has 8 nitrogen and oxygen atoms in total. The zero-order valence-corrected chi connectivity index (χ0v) is 15.6. The monoisotopic (exact) mass is 370 g/mol. The van der Waals surface area contributed by atoms with Crippen molar-refractivity contribution in [2.24, 2.45) is 5.73 Å². The van der Waals surface area contributed by atoms with Crippen LogP contribution in [0.15, 0.2) is 36.4 Å². The minimum absolute atomic E-state index is 0.469. The lowest BCUT2D eigenvalue weighted by molar-refractivity contribution is 0.324. The number of hydrogen-bond acceptors (Lipinski definition) is 7. The summed E-state index contributed by atoms with van der Waals surface area (Å²) in [5.74, 6) is 3.29. The molecule has 0 bridgehead atoms. The second kappa shape index (κ2) is 7.96. The van der Waals surface area contributed by atoms with Crippen LogP contribution in [-0.2, 0) is 0 Å². The van der Waals surface area contributed by atoms with E-state index in [-0.39, 0.29) is 0 Å². The van der Waals surface area contributed by atoms with E-state index >= 15 is 0 Å². The predicted molar refractivity (Wildman–Crippen MR) is 100 cm³/mol. The molecule has 3 aromatic rings. The van der Waals surface area contributed by atoms with Crippen molar-refractivity contribution in [3.63, 3.8) is 0 Å². The number of nitrogens with two attached hydrogens (primary N) is 1. The lowest BCUT2D eigenvalue weighted by atomic mass is 10.1. The molecular formula is C19H22N4O4. The largest absolute Gasteiger partial charge is 0.497 e.